The number of nitrogens with zero attached hydrogens (tertiary/aromatic N) is 5. The molecule has 0 bridgehead atoms. The summed E-state index contributed by atoms with van der Waals surface area (Å²) in [6.45, 7) is 1.54. The number of halogens is 2. The Hall–Kier alpha value is -3.85. The first-order valence-corrected chi connectivity index (χ1v) is 12.1. The fourth-order valence-electron chi connectivity index (χ4n) is 4.51. The number of carbonyl (C=O) groups excluding carboxylic acids is 1. The monoisotopic (exact) mass is 504 g/mol. The third-order valence-electron chi connectivity index (χ3n) is 6.65. The van der Waals surface area contributed by atoms with E-state index < -0.39 is 5.54 Å². The summed E-state index contributed by atoms with van der Waals surface area (Å²) in [6, 6.07) is 15.7. The van der Waals surface area contributed by atoms with Crippen molar-refractivity contribution < 1.29 is 13.9 Å². The topological polar surface area (TPSA) is 91.5 Å². The molecule has 1 amide bonds. The molecule has 2 fully saturated rings. The number of amides is 1. The van der Waals surface area contributed by atoms with Crippen LogP contribution in [0.25, 0.3) is 0 Å². The van der Waals surface area contributed by atoms with Crippen molar-refractivity contribution in [2.24, 2.45) is 15.4 Å². The number of benzene rings is 2. The average molecular weight is 505 g/mol. The molecule has 2 aromatic carbocycles. The molecule has 8 nitrogen and oxygen atoms in total. The summed E-state index contributed by atoms with van der Waals surface area (Å²) in [6.07, 6.45) is 3.10. The molecular weight excluding hydrogens is 483 g/mol. The minimum atomic E-state index is -0.417. The van der Waals surface area contributed by atoms with Gasteiger partial charge in [0.05, 0.1) is 34.9 Å². The molecule has 182 valence electrons. The fraction of sp³-hybridized carbons (Fsp3) is 0.269. The zero-order valence-corrected chi connectivity index (χ0v) is 20.0. The van der Waals surface area contributed by atoms with E-state index in [-0.39, 0.29) is 17.8 Å². The van der Waals surface area contributed by atoms with Crippen LogP contribution in [0, 0.1) is 5.82 Å². The maximum atomic E-state index is 13.4. The number of nitrogens with one attached hydrogen (secondary N) is 1. The predicted octanol–water partition coefficient (Wildman–Crippen LogP) is 4.73. The lowest BCUT2D eigenvalue weighted by Gasteiger charge is -2.40. The number of anilines is 1. The van der Waals surface area contributed by atoms with E-state index in [4.69, 9.17) is 16.3 Å². The Balaban J connectivity index is 1.15. The summed E-state index contributed by atoms with van der Waals surface area (Å²) in [4.78, 5) is 19.8. The Labute approximate surface area is 211 Å². The van der Waals surface area contributed by atoms with Gasteiger partial charge < -0.3 is 15.0 Å². The number of pyridine rings is 1. The zero-order valence-electron chi connectivity index (χ0n) is 19.2. The molecule has 6 rings (SSSR count). The second-order valence-electron chi connectivity index (χ2n) is 9.18. The van der Waals surface area contributed by atoms with Crippen molar-refractivity contribution in [3.63, 3.8) is 0 Å². The normalized spacial score (nSPS) is 17.9. The van der Waals surface area contributed by atoms with Gasteiger partial charge >= 0.3 is 0 Å². The molecule has 36 heavy (non-hydrogen) atoms. The summed E-state index contributed by atoms with van der Waals surface area (Å²) in [5.41, 5.74) is 2.84. The summed E-state index contributed by atoms with van der Waals surface area (Å²) in [5, 5.41) is 15.2. The van der Waals surface area contributed by atoms with Gasteiger partial charge in [-0.05, 0) is 47.4 Å². The molecule has 3 aliphatic rings. The van der Waals surface area contributed by atoms with E-state index in [0.29, 0.717) is 41.8 Å². The third-order valence-corrected chi connectivity index (χ3v) is 6.85. The van der Waals surface area contributed by atoms with Gasteiger partial charge in [0, 0.05) is 12.3 Å². The Kier molecular flexibility index (Phi) is 5.64. The van der Waals surface area contributed by atoms with Crippen LogP contribution in [0.4, 0.5) is 10.2 Å². The van der Waals surface area contributed by atoms with Crippen LogP contribution in [0.3, 0.4) is 0 Å². The highest BCUT2D eigenvalue weighted by molar-refractivity contribution is 6.31. The molecule has 1 saturated carbocycles. The van der Waals surface area contributed by atoms with Gasteiger partial charge in [0.25, 0.3) is 5.91 Å². The molecule has 0 spiro atoms. The number of ether oxygens (including phenoxy) is 1. The fourth-order valence-corrected chi connectivity index (χ4v) is 4.67. The lowest BCUT2D eigenvalue weighted by molar-refractivity contribution is 0.0929. The molecule has 3 heterocycles. The zero-order chi connectivity index (χ0) is 24.7. The second kappa shape index (κ2) is 8.98. The van der Waals surface area contributed by atoms with E-state index >= 15 is 0 Å². The van der Waals surface area contributed by atoms with Gasteiger partial charge in [0.1, 0.15) is 30.0 Å². The first-order chi connectivity index (χ1) is 17.5. The van der Waals surface area contributed by atoms with Crippen molar-refractivity contribution >= 4 is 29.0 Å². The number of aromatic nitrogens is 1. The highest BCUT2D eigenvalue weighted by atomic mass is 35.5. The quantitative estimate of drug-likeness (QED) is 0.503. The van der Waals surface area contributed by atoms with E-state index in [9.17, 15) is 9.18 Å². The van der Waals surface area contributed by atoms with Crippen molar-refractivity contribution in [2.75, 3.05) is 24.5 Å². The van der Waals surface area contributed by atoms with Crippen LogP contribution in [0.2, 0.25) is 5.02 Å². The first-order valence-electron chi connectivity index (χ1n) is 11.7. The molecule has 1 N–H and O–H groups in total. The lowest BCUT2D eigenvalue weighted by Crippen LogP contribution is -2.55. The summed E-state index contributed by atoms with van der Waals surface area (Å²) in [5.74, 6) is 0.457. The molecule has 1 saturated heterocycles. The summed E-state index contributed by atoms with van der Waals surface area (Å²) in [7, 11) is 0. The minimum Gasteiger partial charge on any atom is -0.487 e. The van der Waals surface area contributed by atoms with E-state index in [0.717, 1.165) is 29.7 Å². The van der Waals surface area contributed by atoms with E-state index in [1.165, 1.54) is 18.3 Å². The van der Waals surface area contributed by atoms with Crippen LogP contribution in [-0.4, -0.2) is 42.3 Å². The van der Waals surface area contributed by atoms with Crippen LogP contribution in [0.15, 0.2) is 76.2 Å². The minimum absolute atomic E-state index is 0.126. The van der Waals surface area contributed by atoms with Crippen molar-refractivity contribution in [1.29, 1.82) is 0 Å². The van der Waals surface area contributed by atoms with Gasteiger partial charge in [-0.3, -0.25) is 4.79 Å². The standard InChI is InChI=1S/C26H22ClFN6O2/c27-18-10-22(24(29-12-18)34-14-21(15-34)36-20-3-1-2-19(28)11-20)25(35)31-26(8-9-26)17-6-4-16(5-7-17)23-13-30-33-32-23/h1-7,10-12,21H,8-9,13-15H2,(H,31,35). The maximum absolute atomic E-state index is 13.4. The Bertz CT molecular complexity index is 1380. The van der Waals surface area contributed by atoms with Gasteiger partial charge in [-0.1, -0.05) is 41.9 Å². The van der Waals surface area contributed by atoms with E-state index in [1.54, 1.807) is 18.2 Å². The van der Waals surface area contributed by atoms with Crippen LogP contribution in [0.5, 0.6) is 5.75 Å². The molecule has 1 aromatic heterocycles. The number of carbonyl (C=O) groups is 1. The average Bonchev–Trinajstić information content (AvgIpc) is 3.42. The molecule has 10 heteroatoms. The predicted molar refractivity (Wildman–Crippen MR) is 133 cm³/mol. The summed E-state index contributed by atoms with van der Waals surface area (Å²) >= 11 is 6.21. The van der Waals surface area contributed by atoms with Gasteiger partial charge in [0.15, 0.2) is 0 Å². The molecule has 0 atom stereocenters. The summed E-state index contributed by atoms with van der Waals surface area (Å²) < 4.78 is 19.3. The molecular formula is C26H22ClFN6O2. The van der Waals surface area contributed by atoms with Gasteiger partial charge in [-0.15, -0.1) is 5.10 Å². The van der Waals surface area contributed by atoms with Crippen molar-refractivity contribution in [1.82, 2.24) is 10.3 Å². The smallest absolute Gasteiger partial charge is 0.255 e. The van der Waals surface area contributed by atoms with Gasteiger partial charge in [0.2, 0.25) is 0 Å². The molecule has 3 aromatic rings. The van der Waals surface area contributed by atoms with E-state index in [1.807, 2.05) is 29.2 Å². The molecule has 2 aliphatic heterocycles. The van der Waals surface area contributed by atoms with Gasteiger partial charge in [-0.25, -0.2) is 9.37 Å². The van der Waals surface area contributed by atoms with Crippen molar-refractivity contribution in [2.45, 2.75) is 24.5 Å². The lowest BCUT2D eigenvalue weighted by atomic mass is 10.0. The third kappa shape index (κ3) is 4.42. The first kappa shape index (κ1) is 22.6. The number of hydrogen-bond donors (Lipinski definition) is 1. The molecule has 0 unspecified atom stereocenters. The van der Waals surface area contributed by atoms with Crippen LogP contribution < -0.4 is 15.0 Å². The van der Waals surface area contributed by atoms with Crippen molar-refractivity contribution in [3.8, 4) is 5.75 Å². The highest BCUT2D eigenvalue weighted by Crippen LogP contribution is 2.46. The number of hydrogen-bond acceptors (Lipinski definition) is 7. The second-order valence-corrected chi connectivity index (χ2v) is 9.61. The Morgan fingerprint density at radius 1 is 1.14 bits per heavy atom. The van der Waals surface area contributed by atoms with Crippen LogP contribution >= 0.6 is 11.6 Å². The van der Waals surface area contributed by atoms with E-state index in [2.05, 4.69) is 25.7 Å². The van der Waals surface area contributed by atoms with Gasteiger partial charge in [-0.2, -0.15) is 5.11 Å². The Morgan fingerprint density at radius 3 is 2.64 bits per heavy atom. The van der Waals surface area contributed by atoms with Crippen LogP contribution in [0.1, 0.15) is 34.3 Å². The molecule has 0 radical (unpaired) electrons. The SMILES string of the molecule is O=C(NC1(c2ccc(C3=NN=NC3)cc2)CC1)c1cc(Cl)cnc1N1CC(Oc2cccc(F)c2)C1. The molecule has 1 aliphatic carbocycles. The number of rotatable bonds is 7. The van der Waals surface area contributed by atoms with Crippen LogP contribution in [-0.2, 0) is 5.54 Å². The van der Waals surface area contributed by atoms with Crippen molar-refractivity contribution in [3.05, 3.63) is 88.3 Å². The maximum Gasteiger partial charge on any atom is 0.255 e. The Morgan fingerprint density at radius 2 is 1.94 bits per heavy atom. The highest BCUT2D eigenvalue weighted by Gasteiger charge is 2.46. The largest absolute Gasteiger partial charge is 0.487 e.